The fraction of sp³-hybridized carbons (Fsp3) is 0.684. The highest BCUT2D eigenvalue weighted by Gasteiger charge is 2.52. The Labute approximate surface area is 157 Å². The molecule has 144 valence electrons. The van der Waals surface area contributed by atoms with Crippen LogP contribution in [-0.2, 0) is 10.9 Å². The third-order valence-corrected chi connectivity index (χ3v) is 6.90. The van der Waals surface area contributed by atoms with Gasteiger partial charge in [0.2, 0.25) is 0 Å². The van der Waals surface area contributed by atoms with Crippen molar-refractivity contribution in [3.8, 4) is 0 Å². The van der Waals surface area contributed by atoms with Gasteiger partial charge in [-0.2, -0.15) is 13.2 Å². The van der Waals surface area contributed by atoms with E-state index in [1.807, 2.05) is 0 Å². The van der Waals surface area contributed by atoms with Crippen molar-refractivity contribution >= 4 is 11.9 Å². The zero-order valence-electron chi connectivity index (χ0n) is 15.0. The summed E-state index contributed by atoms with van der Waals surface area (Å²) in [6, 6.07) is 4.03. The minimum Gasteiger partial charge on any atom is -0.381 e. The van der Waals surface area contributed by atoms with Crippen LogP contribution >= 0.6 is 11.9 Å². The quantitative estimate of drug-likeness (QED) is 0.725. The molecule has 0 bridgehead atoms. The minimum absolute atomic E-state index is 0.415. The van der Waals surface area contributed by atoms with Gasteiger partial charge in [0.1, 0.15) is 0 Å². The molecule has 3 heterocycles. The molecule has 1 spiro atoms. The molecule has 0 atom stereocenters. The highest BCUT2D eigenvalue weighted by Crippen LogP contribution is 2.45. The first-order chi connectivity index (χ1) is 12.3. The molecule has 4 rings (SSSR count). The van der Waals surface area contributed by atoms with E-state index < -0.39 is 11.7 Å². The van der Waals surface area contributed by atoms with Crippen molar-refractivity contribution in [2.45, 2.75) is 30.8 Å². The second kappa shape index (κ2) is 7.00. The average molecular weight is 386 g/mol. The molecule has 3 fully saturated rings. The molecule has 0 aromatic heterocycles. The number of aryl methyl sites for hydroxylation is 1. The van der Waals surface area contributed by atoms with Crippen molar-refractivity contribution in [3.05, 3.63) is 29.3 Å². The lowest BCUT2D eigenvalue weighted by Crippen LogP contribution is -2.70. The van der Waals surface area contributed by atoms with Gasteiger partial charge >= 0.3 is 6.18 Å². The van der Waals surface area contributed by atoms with Crippen molar-refractivity contribution in [3.63, 3.8) is 0 Å². The molecule has 1 aromatic rings. The molecule has 26 heavy (non-hydrogen) atoms. The summed E-state index contributed by atoms with van der Waals surface area (Å²) in [5.74, 6) is 0.779. The first-order valence-electron chi connectivity index (χ1n) is 9.24. The predicted octanol–water partition coefficient (Wildman–Crippen LogP) is 4.07. The lowest BCUT2D eigenvalue weighted by Gasteiger charge is -2.60. The van der Waals surface area contributed by atoms with Gasteiger partial charge in [-0.15, -0.1) is 0 Å². The largest absolute Gasteiger partial charge is 0.416 e. The Balaban J connectivity index is 1.23. The van der Waals surface area contributed by atoms with Crippen molar-refractivity contribution < 1.29 is 17.9 Å². The fourth-order valence-corrected chi connectivity index (χ4v) is 5.65. The summed E-state index contributed by atoms with van der Waals surface area (Å²) in [7, 11) is 0. The summed E-state index contributed by atoms with van der Waals surface area (Å²) >= 11 is 1.60. The highest BCUT2D eigenvalue weighted by atomic mass is 32.2. The van der Waals surface area contributed by atoms with Crippen LogP contribution in [0.5, 0.6) is 0 Å². The normalized spacial score (nSPS) is 24.5. The molecule has 3 saturated heterocycles. The van der Waals surface area contributed by atoms with Crippen LogP contribution in [0.3, 0.4) is 0 Å². The topological polar surface area (TPSA) is 15.7 Å². The summed E-state index contributed by atoms with van der Waals surface area (Å²) in [5.41, 5.74) is 0.542. The van der Waals surface area contributed by atoms with E-state index >= 15 is 0 Å². The van der Waals surface area contributed by atoms with Crippen LogP contribution in [0.1, 0.15) is 24.0 Å². The molecular weight excluding hydrogens is 361 g/mol. The number of alkyl halides is 3. The van der Waals surface area contributed by atoms with Gasteiger partial charge in [0.25, 0.3) is 0 Å². The number of ether oxygens (including phenoxy) is 1. The van der Waals surface area contributed by atoms with E-state index in [1.54, 1.807) is 24.9 Å². The van der Waals surface area contributed by atoms with Gasteiger partial charge in [0, 0.05) is 56.2 Å². The Morgan fingerprint density at radius 1 is 1.15 bits per heavy atom. The number of hydrogen-bond acceptors (Lipinski definition) is 4. The van der Waals surface area contributed by atoms with Crippen LogP contribution in [0.2, 0.25) is 0 Å². The van der Waals surface area contributed by atoms with E-state index in [0.29, 0.717) is 11.0 Å². The molecule has 7 heteroatoms. The van der Waals surface area contributed by atoms with Gasteiger partial charge in [-0.1, -0.05) is 0 Å². The number of nitrogens with zero attached hydrogens (tertiary/aromatic N) is 2. The fourth-order valence-electron chi connectivity index (χ4n) is 4.36. The Bertz CT molecular complexity index is 647. The maximum atomic E-state index is 12.8. The van der Waals surface area contributed by atoms with Gasteiger partial charge in [0.05, 0.1) is 5.56 Å². The van der Waals surface area contributed by atoms with E-state index in [2.05, 4.69) is 9.21 Å². The van der Waals surface area contributed by atoms with Crippen molar-refractivity contribution in [1.29, 1.82) is 0 Å². The van der Waals surface area contributed by atoms with Crippen molar-refractivity contribution in [1.82, 2.24) is 9.21 Å². The monoisotopic (exact) mass is 386 g/mol. The van der Waals surface area contributed by atoms with Crippen LogP contribution in [0.15, 0.2) is 23.1 Å². The summed E-state index contributed by atoms with van der Waals surface area (Å²) in [6.45, 7) is 9.13. The molecular formula is C19H25F3N2OS. The molecule has 0 unspecified atom stereocenters. The van der Waals surface area contributed by atoms with Crippen LogP contribution in [0.4, 0.5) is 13.2 Å². The van der Waals surface area contributed by atoms with E-state index in [1.165, 1.54) is 31.5 Å². The predicted molar refractivity (Wildman–Crippen MR) is 96.0 cm³/mol. The van der Waals surface area contributed by atoms with Crippen molar-refractivity contribution in [2.75, 3.05) is 45.9 Å². The van der Waals surface area contributed by atoms with Crippen LogP contribution in [0.25, 0.3) is 0 Å². The standard InChI is InChI=1S/C19H25F3N2OS/c1-14-8-16(19(20,21)22)2-3-17(14)26-24-12-18(13-24)10-23(11-18)9-15-4-6-25-7-5-15/h2-3,8,15H,4-7,9-13H2,1H3. The first kappa shape index (κ1) is 18.6. The van der Waals surface area contributed by atoms with E-state index in [0.717, 1.165) is 50.2 Å². The van der Waals surface area contributed by atoms with Crippen LogP contribution in [0, 0.1) is 18.3 Å². The maximum Gasteiger partial charge on any atom is 0.416 e. The summed E-state index contributed by atoms with van der Waals surface area (Å²) < 4.78 is 46.0. The first-order valence-corrected chi connectivity index (χ1v) is 10.0. The number of hydrogen-bond donors (Lipinski definition) is 0. The maximum absolute atomic E-state index is 12.8. The Hall–Kier alpha value is -0.760. The smallest absolute Gasteiger partial charge is 0.381 e. The van der Waals surface area contributed by atoms with Gasteiger partial charge < -0.3 is 9.64 Å². The Morgan fingerprint density at radius 3 is 2.46 bits per heavy atom. The number of rotatable bonds is 4. The molecule has 3 aliphatic heterocycles. The second-order valence-electron chi connectivity index (χ2n) is 8.09. The molecule has 0 N–H and O–H groups in total. The zero-order chi connectivity index (χ0) is 18.4. The molecule has 3 nitrogen and oxygen atoms in total. The summed E-state index contributed by atoms with van der Waals surface area (Å²) in [5, 5.41) is 0. The van der Waals surface area contributed by atoms with E-state index in [9.17, 15) is 13.2 Å². The van der Waals surface area contributed by atoms with E-state index in [-0.39, 0.29) is 0 Å². The Kier molecular flexibility index (Phi) is 5.01. The zero-order valence-corrected chi connectivity index (χ0v) is 15.8. The molecule has 3 aliphatic rings. The number of benzene rings is 1. The minimum atomic E-state index is -4.27. The van der Waals surface area contributed by atoms with Crippen LogP contribution < -0.4 is 0 Å². The molecule has 0 saturated carbocycles. The lowest BCUT2D eigenvalue weighted by atomic mass is 9.74. The van der Waals surface area contributed by atoms with Gasteiger partial charge in [-0.25, -0.2) is 4.31 Å². The van der Waals surface area contributed by atoms with Gasteiger partial charge in [-0.3, -0.25) is 0 Å². The third-order valence-electron chi connectivity index (χ3n) is 5.73. The average Bonchev–Trinajstić information content (AvgIpc) is 2.52. The molecule has 0 amide bonds. The van der Waals surface area contributed by atoms with Gasteiger partial charge in [-0.05, 0) is 61.4 Å². The number of halogens is 3. The lowest BCUT2D eigenvalue weighted by molar-refractivity contribution is -0.137. The second-order valence-corrected chi connectivity index (χ2v) is 9.23. The molecule has 1 aromatic carbocycles. The molecule has 0 radical (unpaired) electrons. The van der Waals surface area contributed by atoms with E-state index in [4.69, 9.17) is 4.74 Å². The molecule has 0 aliphatic carbocycles. The van der Waals surface area contributed by atoms with Gasteiger partial charge in [0.15, 0.2) is 0 Å². The van der Waals surface area contributed by atoms with Crippen LogP contribution in [-0.4, -0.2) is 55.1 Å². The highest BCUT2D eigenvalue weighted by molar-refractivity contribution is 7.97. The number of likely N-dealkylation sites (tertiary alicyclic amines) is 1. The third kappa shape index (κ3) is 3.91. The summed E-state index contributed by atoms with van der Waals surface area (Å²) in [4.78, 5) is 3.48. The summed E-state index contributed by atoms with van der Waals surface area (Å²) in [6.07, 6.45) is -1.91. The Morgan fingerprint density at radius 2 is 1.85 bits per heavy atom. The van der Waals surface area contributed by atoms with Crippen molar-refractivity contribution in [2.24, 2.45) is 11.3 Å². The SMILES string of the molecule is Cc1cc(C(F)(F)F)ccc1SN1CC2(CN(CC3CCOCC3)C2)C1.